The lowest BCUT2D eigenvalue weighted by atomic mass is 10.2. The summed E-state index contributed by atoms with van der Waals surface area (Å²) in [5.74, 6) is 0.982. The number of amides is 1. The van der Waals surface area contributed by atoms with E-state index in [0.717, 1.165) is 10.9 Å². The predicted molar refractivity (Wildman–Crippen MR) is 86.7 cm³/mol. The van der Waals surface area contributed by atoms with Crippen LogP contribution in [0, 0.1) is 0 Å². The minimum Gasteiger partial charge on any atom is -0.485 e. The van der Waals surface area contributed by atoms with Gasteiger partial charge in [0.25, 0.3) is 5.91 Å². The zero-order valence-corrected chi connectivity index (χ0v) is 12.2. The number of nitrogens with one attached hydrogen (secondary N) is 1. The number of rotatable bonds is 2. The molecule has 0 fully saturated rings. The van der Waals surface area contributed by atoms with Crippen molar-refractivity contribution in [3.63, 3.8) is 0 Å². The predicted octanol–water partition coefficient (Wildman–Crippen LogP) is 3.01. The Kier molecular flexibility index (Phi) is 3.31. The molecule has 0 saturated heterocycles. The Bertz CT molecular complexity index is 874. The lowest BCUT2D eigenvalue weighted by molar-refractivity contribution is -0.125. The van der Waals surface area contributed by atoms with Crippen molar-refractivity contribution in [1.82, 2.24) is 4.98 Å². The number of carbonyl (C=O) groups excluding carboxylic acids is 1. The molecule has 23 heavy (non-hydrogen) atoms. The highest BCUT2D eigenvalue weighted by Gasteiger charge is 2.27. The van der Waals surface area contributed by atoms with Crippen molar-refractivity contribution >= 4 is 22.5 Å². The largest absolute Gasteiger partial charge is 0.485 e. The number of fused-ring (bicyclic) bond motifs is 2. The van der Waals surface area contributed by atoms with Gasteiger partial charge in [0.2, 0.25) is 6.10 Å². The van der Waals surface area contributed by atoms with E-state index >= 15 is 0 Å². The Hall–Kier alpha value is -3.08. The SMILES string of the molecule is O=C(Nc1cccc2cccnc12)[C@@H]1COc2ccccc2O1. The minimum absolute atomic E-state index is 0.182. The number of para-hydroxylation sites is 3. The lowest BCUT2D eigenvalue weighted by Crippen LogP contribution is -2.40. The molecule has 0 bridgehead atoms. The third-order valence-electron chi connectivity index (χ3n) is 3.69. The summed E-state index contributed by atoms with van der Waals surface area (Å²) in [6, 6.07) is 16.8. The maximum atomic E-state index is 12.5. The zero-order valence-electron chi connectivity index (χ0n) is 12.2. The number of carbonyl (C=O) groups is 1. The fourth-order valence-corrected chi connectivity index (χ4v) is 2.57. The number of anilines is 1. The molecule has 1 N–H and O–H groups in total. The van der Waals surface area contributed by atoms with E-state index in [2.05, 4.69) is 10.3 Å². The fraction of sp³-hybridized carbons (Fsp3) is 0.111. The van der Waals surface area contributed by atoms with Gasteiger partial charge in [-0.2, -0.15) is 0 Å². The van der Waals surface area contributed by atoms with Crippen LogP contribution in [0.2, 0.25) is 0 Å². The number of pyridine rings is 1. The van der Waals surface area contributed by atoms with Gasteiger partial charge in [-0.1, -0.05) is 30.3 Å². The first-order chi connectivity index (χ1) is 11.3. The molecule has 2 aromatic carbocycles. The van der Waals surface area contributed by atoms with Crippen LogP contribution in [0.15, 0.2) is 60.8 Å². The molecule has 1 atom stereocenters. The number of hydrogen-bond donors (Lipinski definition) is 1. The van der Waals surface area contributed by atoms with Gasteiger partial charge in [-0.3, -0.25) is 9.78 Å². The first-order valence-corrected chi connectivity index (χ1v) is 7.34. The first kappa shape index (κ1) is 13.6. The van der Waals surface area contributed by atoms with Crippen LogP contribution in [0.5, 0.6) is 11.5 Å². The maximum Gasteiger partial charge on any atom is 0.269 e. The number of aromatic nitrogens is 1. The van der Waals surface area contributed by atoms with Crippen LogP contribution in [0.25, 0.3) is 10.9 Å². The van der Waals surface area contributed by atoms with Crippen molar-refractivity contribution in [2.24, 2.45) is 0 Å². The molecule has 1 aliphatic rings. The number of nitrogens with zero attached hydrogens (tertiary/aromatic N) is 1. The highest BCUT2D eigenvalue weighted by Crippen LogP contribution is 2.31. The molecular formula is C18H14N2O3. The summed E-state index contributed by atoms with van der Waals surface area (Å²) in [5.41, 5.74) is 1.41. The molecule has 1 aliphatic heterocycles. The average Bonchev–Trinajstić information content (AvgIpc) is 2.61. The second-order valence-electron chi connectivity index (χ2n) is 5.23. The van der Waals surface area contributed by atoms with Crippen LogP contribution in [-0.4, -0.2) is 23.6 Å². The number of benzene rings is 2. The molecule has 0 radical (unpaired) electrons. The van der Waals surface area contributed by atoms with Gasteiger partial charge in [0.05, 0.1) is 11.2 Å². The van der Waals surface area contributed by atoms with Crippen LogP contribution >= 0.6 is 0 Å². The van der Waals surface area contributed by atoms with Crippen LogP contribution in [0.3, 0.4) is 0 Å². The number of ether oxygens (including phenoxy) is 2. The quantitative estimate of drug-likeness (QED) is 0.790. The summed E-state index contributed by atoms with van der Waals surface area (Å²) in [4.78, 5) is 16.8. The molecule has 5 heteroatoms. The topological polar surface area (TPSA) is 60.5 Å². The molecule has 3 aromatic rings. The van der Waals surface area contributed by atoms with Gasteiger partial charge in [-0.05, 0) is 24.3 Å². The van der Waals surface area contributed by atoms with Crippen molar-refractivity contribution in [3.05, 3.63) is 60.8 Å². The molecular weight excluding hydrogens is 292 g/mol. The van der Waals surface area contributed by atoms with E-state index in [4.69, 9.17) is 9.47 Å². The number of hydrogen-bond acceptors (Lipinski definition) is 4. The van der Waals surface area contributed by atoms with Crippen molar-refractivity contribution in [1.29, 1.82) is 0 Å². The van der Waals surface area contributed by atoms with Crippen LogP contribution in [0.4, 0.5) is 5.69 Å². The van der Waals surface area contributed by atoms with Crippen LogP contribution in [-0.2, 0) is 4.79 Å². The molecule has 0 unspecified atom stereocenters. The van der Waals surface area contributed by atoms with E-state index < -0.39 is 6.10 Å². The smallest absolute Gasteiger partial charge is 0.269 e. The van der Waals surface area contributed by atoms with Gasteiger partial charge >= 0.3 is 0 Å². The van der Waals surface area contributed by atoms with Gasteiger partial charge < -0.3 is 14.8 Å². The van der Waals surface area contributed by atoms with Crippen molar-refractivity contribution in [2.75, 3.05) is 11.9 Å². The molecule has 0 saturated carbocycles. The standard InChI is InChI=1S/C18H14N2O3/c21-18(16-11-22-14-8-1-2-9-15(14)23-16)20-13-7-3-5-12-6-4-10-19-17(12)13/h1-10,16H,11H2,(H,20,21)/t16-/m0/s1. The molecule has 4 rings (SSSR count). The first-order valence-electron chi connectivity index (χ1n) is 7.34. The van der Waals surface area contributed by atoms with E-state index in [-0.39, 0.29) is 12.5 Å². The summed E-state index contributed by atoms with van der Waals surface area (Å²) in [5, 5.41) is 3.85. The minimum atomic E-state index is -0.691. The third kappa shape index (κ3) is 2.57. The van der Waals surface area contributed by atoms with Crippen molar-refractivity contribution in [3.8, 4) is 11.5 Å². The summed E-state index contributed by atoms with van der Waals surface area (Å²) in [7, 11) is 0. The zero-order chi connectivity index (χ0) is 15.6. The van der Waals surface area contributed by atoms with E-state index in [0.29, 0.717) is 17.2 Å². The molecule has 0 aliphatic carbocycles. The fourth-order valence-electron chi connectivity index (χ4n) is 2.57. The van der Waals surface area contributed by atoms with E-state index in [9.17, 15) is 4.79 Å². The van der Waals surface area contributed by atoms with Crippen molar-refractivity contribution in [2.45, 2.75) is 6.10 Å². The molecule has 0 spiro atoms. The van der Waals surface area contributed by atoms with Gasteiger partial charge in [0.15, 0.2) is 11.5 Å². The van der Waals surface area contributed by atoms with Crippen LogP contribution in [0.1, 0.15) is 0 Å². The summed E-state index contributed by atoms with van der Waals surface area (Å²) >= 11 is 0. The molecule has 2 heterocycles. The Labute approximate surface area is 132 Å². The van der Waals surface area contributed by atoms with Crippen LogP contribution < -0.4 is 14.8 Å². The summed E-state index contributed by atoms with van der Waals surface area (Å²) in [6.45, 7) is 0.182. The van der Waals surface area contributed by atoms with Gasteiger partial charge in [0, 0.05) is 11.6 Å². The van der Waals surface area contributed by atoms with E-state index in [1.54, 1.807) is 12.3 Å². The Morgan fingerprint density at radius 1 is 1.04 bits per heavy atom. The van der Waals surface area contributed by atoms with E-state index in [1.165, 1.54) is 0 Å². The molecule has 1 amide bonds. The average molecular weight is 306 g/mol. The van der Waals surface area contributed by atoms with Gasteiger partial charge in [-0.25, -0.2) is 0 Å². The lowest BCUT2D eigenvalue weighted by Gasteiger charge is -2.25. The molecule has 114 valence electrons. The molecule has 5 nitrogen and oxygen atoms in total. The normalized spacial score (nSPS) is 16.1. The Morgan fingerprint density at radius 3 is 2.78 bits per heavy atom. The highest BCUT2D eigenvalue weighted by molar-refractivity contribution is 6.02. The Balaban J connectivity index is 1.56. The Morgan fingerprint density at radius 2 is 1.87 bits per heavy atom. The van der Waals surface area contributed by atoms with Gasteiger partial charge in [-0.15, -0.1) is 0 Å². The van der Waals surface area contributed by atoms with Gasteiger partial charge in [0.1, 0.15) is 6.61 Å². The summed E-state index contributed by atoms with van der Waals surface area (Å²) < 4.78 is 11.3. The van der Waals surface area contributed by atoms with Crippen molar-refractivity contribution < 1.29 is 14.3 Å². The van der Waals surface area contributed by atoms with E-state index in [1.807, 2.05) is 48.5 Å². The monoisotopic (exact) mass is 306 g/mol. The highest BCUT2D eigenvalue weighted by atomic mass is 16.6. The third-order valence-corrected chi connectivity index (χ3v) is 3.69. The second-order valence-corrected chi connectivity index (χ2v) is 5.23. The summed E-state index contributed by atoms with van der Waals surface area (Å²) in [6.07, 6.45) is 1.01. The molecule has 1 aromatic heterocycles. The second kappa shape index (κ2) is 5.61. The maximum absolute atomic E-state index is 12.5.